The minimum absolute atomic E-state index is 0.0883. The Balaban J connectivity index is 1.72. The summed E-state index contributed by atoms with van der Waals surface area (Å²) in [5.41, 5.74) is 0.505. The molecular weight excluding hydrogens is 398 g/mol. The summed E-state index contributed by atoms with van der Waals surface area (Å²) < 4.78 is 17.4. The number of amides is 1. The van der Waals surface area contributed by atoms with Crippen molar-refractivity contribution >= 4 is 24.3 Å². The van der Waals surface area contributed by atoms with Gasteiger partial charge in [-0.05, 0) is 42.9 Å². The monoisotopic (exact) mass is 419 g/mol. The molecule has 1 N–H and O–H groups in total. The van der Waals surface area contributed by atoms with Crippen molar-refractivity contribution in [1.82, 2.24) is 19.8 Å². The van der Waals surface area contributed by atoms with Crippen LogP contribution in [-0.4, -0.2) is 71.9 Å². The van der Waals surface area contributed by atoms with Crippen LogP contribution in [0.15, 0.2) is 28.1 Å². The second kappa shape index (κ2) is 9.43. The number of H-pyrrole nitrogens is 1. The molecule has 2 aromatic rings. The number of carbonyl (C=O) groups is 1. The quantitative estimate of drug-likeness (QED) is 0.543. The molecule has 1 aliphatic rings. The van der Waals surface area contributed by atoms with E-state index in [1.54, 1.807) is 30.0 Å². The summed E-state index contributed by atoms with van der Waals surface area (Å²) in [5, 5.41) is 10.5. The molecule has 0 aliphatic carbocycles. The summed E-state index contributed by atoms with van der Waals surface area (Å²) in [7, 11) is 1.50. The highest BCUT2D eigenvalue weighted by molar-refractivity contribution is 7.71. The van der Waals surface area contributed by atoms with Gasteiger partial charge in [-0.15, -0.1) is 0 Å². The standard InChI is InChI=1S/C18H21N5O5S/c1-12-17(25)23(18(29)21-20-12)19-10-13-3-4-14(15(9-13)26-2)28-11-16(24)22-5-7-27-8-6-22/h3-4,9-10H,5-8,11H2,1-2H3,(H,21,29)/b19-10-. The van der Waals surface area contributed by atoms with Gasteiger partial charge in [-0.25, -0.2) is 0 Å². The van der Waals surface area contributed by atoms with E-state index in [9.17, 15) is 9.59 Å². The Morgan fingerprint density at radius 1 is 1.38 bits per heavy atom. The number of carbonyl (C=O) groups excluding carboxylic acids is 1. The van der Waals surface area contributed by atoms with Gasteiger partial charge in [-0.3, -0.25) is 14.7 Å². The van der Waals surface area contributed by atoms with Gasteiger partial charge in [0, 0.05) is 13.1 Å². The molecule has 0 saturated carbocycles. The fraction of sp³-hybridized carbons (Fsp3) is 0.389. The van der Waals surface area contributed by atoms with Gasteiger partial charge in [0.2, 0.25) is 4.77 Å². The van der Waals surface area contributed by atoms with E-state index in [1.807, 2.05) is 0 Å². The third-order valence-electron chi connectivity index (χ3n) is 4.24. The summed E-state index contributed by atoms with van der Waals surface area (Å²) >= 11 is 5.04. The fourth-order valence-electron chi connectivity index (χ4n) is 2.63. The topological polar surface area (TPSA) is 111 Å². The van der Waals surface area contributed by atoms with Gasteiger partial charge in [0.15, 0.2) is 18.1 Å². The summed E-state index contributed by atoms with van der Waals surface area (Å²) in [4.78, 5) is 26.0. The molecule has 154 valence electrons. The SMILES string of the molecule is COc1cc(/C=N\n2c(=S)[nH]nc(C)c2=O)ccc1OCC(=O)N1CCOCC1. The minimum Gasteiger partial charge on any atom is -0.493 e. The fourth-order valence-corrected chi connectivity index (χ4v) is 2.80. The minimum atomic E-state index is -0.404. The summed E-state index contributed by atoms with van der Waals surface area (Å²) in [6.45, 7) is 3.66. The number of benzene rings is 1. The van der Waals surface area contributed by atoms with Crippen molar-refractivity contribution in [3.8, 4) is 11.5 Å². The zero-order valence-corrected chi connectivity index (χ0v) is 16.9. The number of aromatic nitrogens is 3. The second-order valence-corrected chi connectivity index (χ2v) is 6.55. The number of methoxy groups -OCH3 is 1. The van der Waals surface area contributed by atoms with Crippen molar-refractivity contribution in [1.29, 1.82) is 0 Å². The van der Waals surface area contributed by atoms with E-state index in [0.29, 0.717) is 43.4 Å². The number of nitrogens with one attached hydrogen (secondary N) is 1. The Morgan fingerprint density at radius 2 is 2.14 bits per heavy atom. The maximum absolute atomic E-state index is 12.2. The van der Waals surface area contributed by atoms with Crippen LogP contribution >= 0.6 is 12.2 Å². The number of ether oxygens (including phenoxy) is 3. The van der Waals surface area contributed by atoms with Crippen LogP contribution in [0.1, 0.15) is 11.3 Å². The van der Waals surface area contributed by atoms with Gasteiger partial charge >= 0.3 is 0 Å². The first-order chi connectivity index (χ1) is 14.0. The molecule has 3 rings (SSSR count). The first kappa shape index (κ1) is 20.7. The molecule has 1 amide bonds. The zero-order chi connectivity index (χ0) is 20.8. The van der Waals surface area contributed by atoms with E-state index in [4.69, 9.17) is 26.4 Å². The maximum atomic E-state index is 12.2. The van der Waals surface area contributed by atoms with E-state index in [2.05, 4.69) is 15.3 Å². The van der Waals surface area contributed by atoms with E-state index in [-0.39, 0.29) is 23.0 Å². The lowest BCUT2D eigenvalue weighted by Gasteiger charge is -2.26. The smallest absolute Gasteiger partial charge is 0.296 e. The number of morpholine rings is 1. The van der Waals surface area contributed by atoms with Crippen LogP contribution in [0.25, 0.3) is 0 Å². The van der Waals surface area contributed by atoms with Crippen LogP contribution < -0.4 is 15.0 Å². The van der Waals surface area contributed by atoms with E-state index >= 15 is 0 Å². The normalized spacial score (nSPS) is 14.2. The number of hydrogen-bond donors (Lipinski definition) is 1. The molecule has 1 aliphatic heterocycles. The Kier molecular flexibility index (Phi) is 6.73. The zero-order valence-electron chi connectivity index (χ0n) is 16.1. The molecule has 0 atom stereocenters. The van der Waals surface area contributed by atoms with Crippen molar-refractivity contribution in [2.24, 2.45) is 5.10 Å². The van der Waals surface area contributed by atoms with Crippen molar-refractivity contribution in [3.05, 3.63) is 44.6 Å². The molecule has 0 unspecified atom stereocenters. The second-order valence-electron chi connectivity index (χ2n) is 6.17. The molecule has 1 fully saturated rings. The number of hydrogen-bond acceptors (Lipinski definition) is 8. The Labute approximate surface area is 171 Å². The Hall–Kier alpha value is -3.05. The Morgan fingerprint density at radius 3 is 2.86 bits per heavy atom. The maximum Gasteiger partial charge on any atom is 0.296 e. The molecule has 10 nitrogen and oxygen atoms in total. The lowest BCUT2D eigenvalue weighted by atomic mass is 10.2. The molecule has 1 aromatic heterocycles. The van der Waals surface area contributed by atoms with Crippen LogP contribution in [0.5, 0.6) is 11.5 Å². The molecule has 2 heterocycles. The highest BCUT2D eigenvalue weighted by Crippen LogP contribution is 2.27. The molecule has 0 bridgehead atoms. The summed E-state index contributed by atoms with van der Waals surface area (Å²) in [6, 6.07) is 5.09. The van der Waals surface area contributed by atoms with Gasteiger partial charge in [0.25, 0.3) is 11.5 Å². The molecule has 11 heteroatoms. The third kappa shape index (κ3) is 5.06. The first-order valence-electron chi connectivity index (χ1n) is 8.88. The van der Waals surface area contributed by atoms with Crippen LogP contribution in [0.4, 0.5) is 0 Å². The van der Waals surface area contributed by atoms with Crippen LogP contribution in [0, 0.1) is 11.7 Å². The highest BCUT2D eigenvalue weighted by Gasteiger charge is 2.18. The van der Waals surface area contributed by atoms with Crippen LogP contribution in [0.3, 0.4) is 0 Å². The average Bonchev–Trinajstić information content (AvgIpc) is 2.75. The summed E-state index contributed by atoms with van der Waals surface area (Å²) in [6.07, 6.45) is 1.47. The average molecular weight is 419 g/mol. The molecule has 1 saturated heterocycles. The third-order valence-corrected chi connectivity index (χ3v) is 4.50. The number of nitrogens with zero attached hydrogens (tertiary/aromatic N) is 4. The molecule has 1 aromatic carbocycles. The lowest BCUT2D eigenvalue weighted by molar-refractivity contribution is -0.137. The van der Waals surface area contributed by atoms with E-state index < -0.39 is 5.56 Å². The molecular formula is C18H21N5O5S. The number of rotatable bonds is 6. The predicted molar refractivity (Wildman–Crippen MR) is 107 cm³/mol. The summed E-state index contributed by atoms with van der Waals surface area (Å²) in [5.74, 6) is 0.760. The number of aryl methyl sites for hydroxylation is 1. The van der Waals surface area contributed by atoms with Crippen LogP contribution in [0.2, 0.25) is 0 Å². The van der Waals surface area contributed by atoms with Gasteiger partial charge in [0.05, 0.1) is 26.5 Å². The van der Waals surface area contributed by atoms with Crippen LogP contribution in [-0.2, 0) is 9.53 Å². The lowest BCUT2D eigenvalue weighted by Crippen LogP contribution is -2.43. The molecule has 0 spiro atoms. The highest BCUT2D eigenvalue weighted by atomic mass is 32.1. The van der Waals surface area contributed by atoms with Crippen molar-refractivity contribution < 1.29 is 19.0 Å². The van der Waals surface area contributed by atoms with Crippen molar-refractivity contribution in [3.63, 3.8) is 0 Å². The first-order valence-corrected chi connectivity index (χ1v) is 9.29. The van der Waals surface area contributed by atoms with Crippen molar-refractivity contribution in [2.75, 3.05) is 40.0 Å². The van der Waals surface area contributed by atoms with Crippen molar-refractivity contribution in [2.45, 2.75) is 6.92 Å². The van der Waals surface area contributed by atoms with Gasteiger partial charge in [0.1, 0.15) is 5.69 Å². The van der Waals surface area contributed by atoms with E-state index in [0.717, 1.165) is 4.68 Å². The van der Waals surface area contributed by atoms with Gasteiger partial charge in [-0.1, -0.05) is 0 Å². The molecule has 0 radical (unpaired) electrons. The Bertz CT molecular complexity index is 1030. The largest absolute Gasteiger partial charge is 0.493 e. The number of aromatic amines is 1. The van der Waals surface area contributed by atoms with Gasteiger partial charge in [-0.2, -0.15) is 14.9 Å². The molecule has 29 heavy (non-hydrogen) atoms. The van der Waals surface area contributed by atoms with Gasteiger partial charge < -0.3 is 19.1 Å². The predicted octanol–water partition coefficient (Wildman–Crippen LogP) is 0.738. The van der Waals surface area contributed by atoms with E-state index in [1.165, 1.54) is 13.3 Å².